The Hall–Kier alpha value is -2.28. The lowest BCUT2D eigenvalue weighted by Gasteiger charge is -2.25. The number of hydrogen-bond acceptors (Lipinski definition) is 5. The molecule has 0 aliphatic carbocycles. The molecule has 128 valence electrons. The van der Waals surface area contributed by atoms with E-state index in [9.17, 15) is 4.79 Å². The van der Waals surface area contributed by atoms with Gasteiger partial charge < -0.3 is 10.1 Å². The largest absolute Gasteiger partial charge is 0.369 e. The summed E-state index contributed by atoms with van der Waals surface area (Å²) >= 11 is 0. The predicted molar refractivity (Wildman–Crippen MR) is 88.7 cm³/mol. The average molecular weight is 329 g/mol. The number of H-pyrrole nitrogens is 1. The number of rotatable bonds is 3. The molecule has 0 spiro atoms. The third kappa shape index (κ3) is 3.03. The molecule has 0 unspecified atom stereocenters. The Bertz CT molecular complexity index is 760. The van der Waals surface area contributed by atoms with Crippen LogP contribution >= 0.6 is 0 Å². The lowest BCUT2D eigenvalue weighted by Crippen LogP contribution is -2.28. The van der Waals surface area contributed by atoms with Crippen molar-refractivity contribution in [3.05, 3.63) is 39.7 Å². The molecule has 0 saturated heterocycles. The van der Waals surface area contributed by atoms with E-state index in [0.717, 1.165) is 34.0 Å². The lowest BCUT2D eigenvalue weighted by molar-refractivity contribution is -0.00697. The van der Waals surface area contributed by atoms with Gasteiger partial charge >= 0.3 is 0 Å². The van der Waals surface area contributed by atoms with E-state index in [2.05, 4.69) is 25.5 Å². The van der Waals surface area contributed by atoms with Gasteiger partial charge in [0, 0.05) is 35.5 Å². The number of aromatic nitrogens is 4. The number of fused-ring (bicyclic) bond motifs is 1. The van der Waals surface area contributed by atoms with Crippen molar-refractivity contribution in [1.82, 2.24) is 25.5 Å². The van der Waals surface area contributed by atoms with Crippen LogP contribution in [-0.4, -0.2) is 32.2 Å². The number of carbonyl (C=O) groups is 1. The number of hydrogen-bond donors (Lipinski definition) is 2. The number of carbonyl (C=O) groups excluding carboxylic acids is 1. The Morgan fingerprint density at radius 2 is 1.92 bits per heavy atom. The maximum Gasteiger partial charge on any atom is 0.272 e. The van der Waals surface area contributed by atoms with Gasteiger partial charge in [-0.25, -0.2) is 9.97 Å². The van der Waals surface area contributed by atoms with Gasteiger partial charge in [-0.1, -0.05) is 0 Å². The van der Waals surface area contributed by atoms with Gasteiger partial charge in [0.2, 0.25) is 0 Å². The normalized spacial score (nSPS) is 19.9. The fraction of sp³-hybridized carbons (Fsp3) is 0.529. The second kappa shape index (κ2) is 6.32. The van der Waals surface area contributed by atoms with Gasteiger partial charge in [0.1, 0.15) is 5.82 Å². The van der Waals surface area contributed by atoms with Gasteiger partial charge in [0.25, 0.3) is 5.91 Å². The zero-order valence-corrected chi connectivity index (χ0v) is 14.7. The third-order valence-electron chi connectivity index (χ3n) is 4.41. The maximum atomic E-state index is 12.6. The van der Waals surface area contributed by atoms with E-state index >= 15 is 0 Å². The van der Waals surface area contributed by atoms with Crippen LogP contribution in [0.3, 0.4) is 0 Å². The van der Waals surface area contributed by atoms with Crippen LogP contribution < -0.4 is 5.32 Å². The summed E-state index contributed by atoms with van der Waals surface area (Å²) in [5.74, 6) is 0.553. The molecule has 0 aromatic carbocycles. The topological polar surface area (TPSA) is 92.8 Å². The number of nitrogens with zero attached hydrogens (tertiary/aromatic N) is 3. The monoisotopic (exact) mass is 329 g/mol. The minimum absolute atomic E-state index is 0.0756. The van der Waals surface area contributed by atoms with Crippen LogP contribution in [0, 0.1) is 20.8 Å². The maximum absolute atomic E-state index is 12.6. The van der Waals surface area contributed by atoms with Gasteiger partial charge in [0.15, 0.2) is 5.69 Å². The molecule has 0 saturated carbocycles. The molecular weight excluding hydrogens is 306 g/mol. The van der Waals surface area contributed by atoms with Crippen LogP contribution in [0.15, 0.2) is 0 Å². The van der Waals surface area contributed by atoms with Crippen LogP contribution in [0.25, 0.3) is 0 Å². The van der Waals surface area contributed by atoms with Crippen LogP contribution in [0.5, 0.6) is 0 Å². The smallest absolute Gasteiger partial charge is 0.272 e. The van der Waals surface area contributed by atoms with Gasteiger partial charge in [-0.3, -0.25) is 9.89 Å². The Labute approximate surface area is 141 Å². The molecule has 0 fully saturated rings. The summed E-state index contributed by atoms with van der Waals surface area (Å²) in [6, 6.07) is 0. The van der Waals surface area contributed by atoms with Crippen molar-refractivity contribution in [2.45, 2.75) is 59.8 Å². The molecule has 2 N–H and O–H groups in total. The molecule has 3 heterocycles. The Morgan fingerprint density at radius 1 is 1.25 bits per heavy atom. The molecule has 2 aromatic heterocycles. The zero-order valence-electron chi connectivity index (χ0n) is 14.7. The number of aromatic amines is 1. The molecule has 1 amide bonds. The van der Waals surface area contributed by atoms with Crippen molar-refractivity contribution in [1.29, 1.82) is 0 Å². The molecule has 0 radical (unpaired) electrons. The summed E-state index contributed by atoms with van der Waals surface area (Å²) in [5, 5.41) is 10.1. The predicted octanol–water partition coefficient (Wildman–Crippen LogP) is 2.08. The molecule has 7 nitrogen and oxygen atoms in total. The van der Waals surface area contributed by atoms with Crippen molar-refractivity contribution >= 4 is 5.91 Å². The summed E-state index contributed by atoms with van der Waals surface area (Å²) < 4.78 is 5.76. The highest BCUT2D eigenvalue weighted by Gasteiger charge is 2.29. The average Bonchev–Trinajstić information content (AvgIpc) is 2.89. The first-order valence-electron chi connectivity index (χ1n) is 8.18. The van der Waals surface area contributed by atoms with Crippen molar-refractivity contribution < 1.29 is 9.53 Å². The Balaban J connectivity index is 1.78. The molecular formula is C17H23N5O2. The number of nitrogens with one attached hydrogen (secondary N) is 2. The van der Waals surface area contributed by atoms with E-state index in [-0.39, 0.29) is 18.1 Å². The number of amides is 1. The first-order chi connectivity index (χ1) is 11.4. The molecule has 7 heteroatoms. The van der Waals surface area contributed by atoms with Crippen LogP contribution in [0.1, 0.15) is 64.5 Å². The summed E-state index contributed by atoms with van der Waals surface area (Å²) in [6.45, 7) is 10.1. The van der Waals surface area contributed by atoms with Crippen molar-refractivity contribution in [3.63, 3.8) is 0 Å². The number of aryl methyl sites for hydroxylation is 3. The molecule has 3 rings (SSSR count). The Morgan fingerprint density at radius 3 is 2.58 bits per heavy atom. The first-order valence-corrected chi connectivity index (χ1v) is 8.18. The van der Waals surface area contributed by atoms with Crippen molar-refractivity contribution in [2.75, 3.05) is 0 Å². The molecule has 2 aromatic rings. The molecule has 2 atom stereocenters. The van der Waals surface area contributed by atoms with E-state index < -0.39 is 0 Å². The van der Waals surface area contributed by atoms with Gasteiger partial charge in [0.05, 0.1) is 17.9 Å². The van der Waals surface area contributed by atoms with Crippen LogP contribution in [0.2, 0.25) is 0 Å². The molecule has 0 bridgehead atoms. The number of ether oxygens (including phenoxy) is 1. The van der Waals surface area contributed by atoms with Gasteiger partial charge in [-0.05, 0) is 34.6 Å². The van der Waals surface area contributed by atoms with Crippen molar-refractivity contribution in [3.8, 4) is 0 Å². The van der Waals surface area contributed by atoms with Gasteiger partial charge in [-0.15, -0.1) is 0 Å². The quantitative estimate of drug-likeness (QED) is 0.899. The van der Waals surface area contributed by atoms with Gasteiger partial charge in [-0.2, -0.15) is 5.10 Å². The molecule has 24 heavy (non-hydrogen) atoms. The van der Waals surface area contributed by atoms with E-state index in [0.29, 0.717) is 18.7 Å². The summed E-state index contributed by atoms with van der Waals surface area (Å²) in [4.78, 5) is 21.3. The van der Waals surface area contributed by atoms with Crippen LogP contribution in [-0.2, 0) is 17.7 Å². The fourth-order valence-corrected chi connectivity index (χ4v) is 3.28. The molecule has 1 aliphatic rings. The minimum atomic E-state index is -0.187. The highest BCUT2D eigenvalue weighted by atomic mass is 16.5. The SMILES string of the molecule is Cc1nc(C)c(CNC(=O)c2n[nH]c3c2C[C@@H](C)O[C@H]3C)c(C)n1. The Kier molecular flexibility index (Phi) is 4.36. The van der Waals surface area contributed by atoms with E-state index in [1.165, 1.54) is 0 Å². The standard InChI is InChI=1S/C17H23N5O2/c1-8-6-13-15(11(4)24-8)21-22-16(13)17(23)18-7-14-9(2)19-12(5)20-10(14)3/h8,11H,6-7H2,1-5H3,(H,18,23)(H,21,22)/t8-,11+/m1/s1. The van der Waals surface area contributed by atoms with E-state index in [1.807, 2.05) is 34.6 Å². The summed E-state index contributed by atoms with van der Waals surface area (Å²) in [6.07, 6.45) is 0.685. The minimum Gasteiger partial charge on any atom is -0.369 e. The van der Waals surface area contributed by atoms with Crippen LogP contribution in [0.4, 0.5) is 0 Å². The molecule has 1 aliphatic heterocycles. The lowest BCUT2D eigenvalue weighted by atomic mass is 9.99. The second-order valence-electron chi connectivity index (χ2n) is 6.36. The van der Waals surface area contributed by atoms with Crippen molar-refractivity contribution in [2.24, 2.45) is 0 Å². The summed E-state index contributed by atoms with van der Waals surface area (Å²) in [7, 11) is 0. The fourth-order valence-electron chi connectivity index (χ4n) is 3.28. The third-order valence-corrected chi connectivity index (χ3v) is 4.41. The second-order valence-corrected chi connectivity index (χ2v) is 6.36. The summed E-state index contributed by atoms with van der Waals surface area (Å²) in [5.41, 5.74) is 5.02. The van der Waals surface area contributed by atoms with E-state index in [4.69, 9.17) is 4.74 Å². The van der Waals surface area contributed by atoms with E-state index in [1.54, 1.807) is 0 Å². The zero-order chi connectivity index (χ0) is 17.4. The highest BCUT2D eigenvalue weighted by molar-refractivity contribution is 5.94. The first kappa shape index (κ1) is 16.6. The highest BCUT2D eigenvalue weighted by Crippen LogP contribution is 2.30.